The molecule has 19 heavy (non-hydrogen) atoms. The van der Waals surface area contributed by atoms with E-state index < -0.39 is 0 Å². The number of nitrogens with zero attached hydrogens (tertiary/aromatic N) is 5. The molecule has 3 heterocycles. The Morgan fingerprint density at radius 1 is 1.37 bits per heavy atom. The smallest absolute Gasteiger partial charge is 0.202 e. The number of hydrogen-bond donors (Lipinski definition) is 1. The number of rotatable bonds is 3. The minimum absolute atomic E-state index is 0.510. The number of hydrogen-bond acceptors (Lipinski definition) is 4. The Labute approximate surface area is 110 Å². The van der Waals surface area contributed by atoms with E-state index in [1.165, 1.54) is 0 Å². The maximum atomic E-state index is 5.97. The molecule has 2 N–H and O–H groups in total. The van der Waals surface area contributed by atoms with Gasteiger partial charge in [0, 0.05) is 38.1 Å². The van der Waals surface area contributed by atoms with E-state index in [0.717, 1.165) is 35.4 Å². The molecule has 0 atom stereocenters. The van der Waals surface area contributed by atoms with Gasteiger partial charge < -0.3 is 5.73 Å². The molecule has 6 heteroatoms. The Bertz CT molecular complexity index is 724. The van der Waals surface area contributed by atoms with Crippen molar-refractivity contribution in [3.8, 4) is 0 Å². The van der Waals surface area contributed by atoms with Crippen molar-refractivity contribution in [1.29, 1.82) is 0 Å². The quantitative estimate of drug-likeness (QED) is 0.766. The fraction of sp³-hybridized carbons (Fsp3) is 0.308. The maximum Gasteiger partial charge on any atom is 0.202 e. The molecule has 0 saturated carbocycles. The van der Waals surface area contributed by atoms with Crippen molar-refractivity contribution < 1.29 is 0 Å². The predicted molar refractivity (Wildman–Crippen MR) is 73.6 cm³/mol. The van der Waals surface area contributed by atoms with Gasteiger partial charge in [-0.25, -0.2) is 9.97 Å². The molecule has 0 radical (unpaired) electrons. The van der Waals surface area contributed by atoms with E-state index in [4.69, 9.17) is 5.73 Å². The number of anilines is 1. The average Bonchev–Trinajstić information content (AvgIpc) is 2.90. The van der Waals surface area contributed by atoms with Crippen LogP contribution in [0.3, 0.4) is 0 Å². The fourth-order valence-corrected chi connectivity index (χ4v) is 2.22. The molecule has 3 rings (SSSR count). The standard InChI is InChI=1S/C13H16N6/c1-9-7-11-12(15-8-9)19(13(14)17-11)6-4-10-3-5-16-18(10)2/h3,5,7-8H,4,6H2,1-2H3,(H2,14,17). The molecular formula is C13H16N6. The number of nitrogen functional groups attached to an aromatic ring is 1. The van der Waals surface area contributed by atoms with Crippen LogP contribution in [-0.2, 0) is 20.0 Å². The van der Waals surface area contributed by atoms with Gasteiger partial charge in [0.1, 0.15) is 5.52 Å². The second kappa shape index (κ2) is 4.38. The second-order valence-corrected chi connectivity index (χ2v) is 4.67. The van der Waals surface area contributed by atoms with Crippen LogP contribution in [0.15, 0.2) is 24.5 Å². The van der Waals surface area contributed by atoms with E-state index >= 15 is 0 Å². The lowest BCUT2D eigenvalue weighted by molar-refractivity contribution is 0.648. The van der Waals surface area contributed by atoms with Crippen LogP contribution in [0.1, 0.15) is 11.3 Å². The van der Waals surface area contributed by atoms with Crippen molar-refractivity contribution in [3.63, 3.8) is 0 Å². The fourth-order valence-electron chi connectivity index (χ4n) is 2.22. The van der Waals surface area contributed by atoms with Crippen LogP contribution >= 0.6 is 0 Å². The zero-order valence-corrected chi connectivity index (χ0v) is 11.0. The molecule has 0 amide bonds. The molecule has 0 saturated heterocycles. The molecule has 0 unspecified atom stereocenters. The zero-order valence-electron chi connectivity index (χ0n) is 11.0. The van der Waals surface area contributed by atoms with E-state index in [9.17, 15) is 0 Å². The van der Waals surface area contributed by atoms with Crippen LogP contribution in [0.4, 0.5) is 5.95 Å². The molecule has 0 aliphatic carbocycles. The first-order valence-corrected chi connectivity index (χ1v) is 6.20. The summed E-state index contributed by atoms with van der Waals surface area (Å²) in [6, 6.07) is 4.01. The lowest BCUT2D eigenvalue weighted by Crippen LogP contribution is -2.08. The SMILES string of the molecule is Cc1cnc2c(c1)nc(N)n2CCc1ccnn1C. The third kappa shape index (κ3) is 2.05. The number of aromatic nitrogens is 5. The first kappa shape index (κ1) is 11.7. The molecule has 0 aromatic carbocycles. The Morgan fingerprint density at radius 3 is 2.95 bits per heavy atom. The van der Waals surface area contributed by atoms with Crippen molar-refractivity contribution >= 4 is 17.1 Å². The minimum Gasteiger partial charge on any atom is -0.369 e. The number of nitrogens with two attached hydrogens (primary N) is 1. The second-order valence-electron chi connectivity index (χ2n) is 4.67. The van der Waals surface area contributed by atoms with Gasteiger partial charge in [-0.1, -0.05) is 0 Å². The summed E-state index contributed by atoms with van der Waals surface area (Å²) >= 11 is 0. The van der Waals surface area contributed by atoms with E-state index in [1.54, 1.807) is 6.20 Å². The van der Waals surface area contributed by atoms with Gasteiger partial charge in [0.15, 0.2) is 5.65 Å². The monoisotopic (exact) mass is 256 g/mol. The van der Waals surface area contributed by atoms with Gasteiger partial charge in [-0.3, -0.25) is 9.25 Å². The van der Waals surface area contributed by atoms with Crippen molar-refractivity contribution in [2.24, 2.45) is 7.05 Å². The summed E-state index contributed by atoms with van der Waals surface area (Å²) in [5, 5.41) is 4.16. The summed E-state index contributed by atoms with van der Waals surface area (Å²) < 4.78 is 3.81. The third-order valence-electron chi connectivity index (χ3n) is 3.27. The van der Waals surface area contributed by atoms with E-state index in [2.05, 4.69) is 15.1 Å². The number of pyridine rings is 1. The summed E-state index contributed by atoms with van der Waals surface area (Å²) in [5.74, 6) is 0.510. The molecule has 0 aliphatic rings. The van der Waals surface area contributed by atoms with Crippen LogP contribution in [0.25, 0.3) is 11.2 Å². The molecule has 0 fully saturated rings. The molecule has 6 nitrogen and oxygen atoms in total. The first-order valence-electron chi connectivity index (χ1n) is 6.20. The van der Waals surface area contributed by atoms with Crippen LogP contribution in [0.2, 0.25) is 0 Å². The number of aryl methyl sites for hydroxylation is 4. The summed E-state index contributed by atoms with van der Waals surface area (Å²) in [6.07, 6.45) is 4.48. The van der Waals surface area contributed by atoms with Gasteiger partial charge in [-0.05, 0) is 24.6 Å². The molecule has 0 aliphatic heterocycles. The van der Waals surface area contributed by atoms with Crippen LogP contribution in [0, 0.1) is 6.92 Å². The van der Waals surface area contributed by atoms with Crippen molar-refractivity contribution in [3.05, 3.63) is 35.8 Å². The third-order valence-corrected chi connectivity index (χ3v) is 3.27. The molecule has 0 bridgehead atoms. The summed E-state index contributed by atoms with van der Waals surface area (Å²) in [5.41, 5.74) is 9.91. The highest BCUT2D eigenvalue weighted by atomic mass is 15.3. The summed E-state index contributed by atoms with van der Waals surface area (Å²) in [4.78, 5) is 8.77. The van der Waals surface area contributed by atoms with Gasteiger partial charge in [-0.2, -0.15) is 5.10 Å². The number of imidazole rings is 1. The van der Waals surface area contributed by atoms with Crippen molar-refractivity contribution in [2.75, 3.05) is 5.73 Å². The van der Waals surface area contributed by atoms with Gasteiger partial charge in [-0.15, -0.1) is 0 Å². The Hall–Kier alpha value is -2.37. The predicted octanol–water partition coefficient (Wildman–Crippen LogP) is 1.30. The van der Waals surface area contributed by atoms with Crippen molar-refractivity contribution in [1.82, 2.24) is 24.3 Å². The highest BCUT2D eigenvalue weighted by molar-refractivity contribution is 5.74. The van der Waals surface area contributed by atoms with Crippen molar-refractivity contribution in [2.45, 2.75) is 19.9 Å². The summed E-state index contributed by atoms with van der Waals surface area (Å²) in [6.45, 7) is 2.75. The van der Waals surface area contributed by atoms with E-state index in [1.807, 2.05) is 41.5 Å². The molecular weight excluding hydrogens is 240 g/mol. The highest BCUT2D eigenvalue weighted by Crippen LogP contribution is 2.17. The molecule has 3 aromatic rings. The van der Waals surface area contributed by atoms with Crippen LogP contribution in [-0.4, -0.2) is 24.3 Å². The van der Waals surface area contributed by atoms with E-state index in [-0.39, 0.29) is 0 Å². The number of fused-ring (bicyclic) bond motifs is 1. The topological polar surface area (TPSA) is 74.6 Å². The summed E-state index contributed by atoms with van der Waals surface area (Å²) in [7, 11) is 1.94. The van der Waals surface area contributed by atoms with E-state index in [0.29, 0.717) is 5.95 Å². The minimum atomic E-state index is 0.510. The molecule has 0 spiro atoms. The van der Waals surface area contributed by atoms with Gasteiger partial charge in [0.25, 0.3) is 0 Å². The maximum absolute atomic E-state index is 5.97. The van der Waals surface area contributed by atoms with Gasteiger partial charge in [0.2, 0.25) is 5.95 Å². The zero-order chi connectivity index (χ0) is 13.4. The van der Waals surface area contributed by atoms with Crippen LogP contribution in [0.5, 0.6) is 0 Å². The lowest BCUT2D eigenvalue weighted by Gasteiger charge is -2.06. The largest absolute Gasteiger partial charge is 0.369 e. The lowest BCUT2D eigenvalue weighted by atomic mass is 10.3. The Balaban J connectivity index is 1.92. The normalized spacial score (nSPS) is 11.3. The van der Waals surface area contributed by atoms with Crippen LogP contribution < -0.4 is 5.73 Å². The van der Waals surface area contributed by atoms with Gasteiger partial charge in [0.05, 0.1) is 0 Å². The molecule has 98 valence electrons. The average molecular weight is 256 g/mol. The first-order chi connectivity index (χ1) is 9.15. The Morgan fingerprint density at radius 2 is 2.21 bits per heavy atom. The Kier molecular flexibility index (Phi) is 2.70. The van der Waals surface area contributed by atoms with Gasteiger partial charge >= 0.3 is 0 Å². The molecule has 3 aromatic heterocycles. The highest BCUT2D eigenvalue weighted by Gasteiger charge is 2.10.